The Balaban J connectivity index is 1.46. The number of nitrogens with one attached hydrogen (secondary N) is 1. The third kappa shape index (κ3) is 3.61. The van der Waals surface area contributed by atoms with E-state index in [4.69, 9.17) is 0 Å². The summed E-state index contributed by atoms with van der Waals surface area (Å²) in [6.45, 7) is 2.21. The molecule has 2 heterocycles. The average Bonchev–Trinajstić information content (AvgIpc) is 3.07. The number of amides is 1. The fraction of sp³-hybridized carbons (Fsp3) is 0.353. The highest BCUT2D eigenvalue weighted by molar-refractivity contribution is 5.79. The molecule has 1 aliphatic rings. The van der Waals surface area contributed by atoms with Gasteiger partial charge in [0.05, 0.1) is 5.92 Å². The zero-order valence-electron chi connectivity index (χ0n) is 12.5. The van der Waals surface area contributed by atoms with Crippen LogP contribution in [0.2, 0.25) is 0 Å². The molecule has 5 heteroatoms. The Morgan fingerprint density at radius 3 is 2.73 bits per heavy atom. The molecule has 5 nitrogen and oxygen atoms in total. The van der Waals surface area contributed by atoms with E-state index in [1.807, 2.05) is 18.2 Å². The lowest BCUT2D eigenvalue weighted by atomic mass is 10.1. The van der Waals surface area contributed by atoms with Crippen LogP contribution in [0, 0.1) is 5.92 Å². The van der Waals surface area contributed by atoms with Gasteiger partial charge in [-0.1, -0.05) is 30.3 Å². The van der Waals surface area contributed by atoms with Gasteiger partial charge in [-0.15, -0.1) is 0 Å². The molecular formula is C17H20N4O. The van der Waals surface area contributed by atoms with Crippen LogP contribution in [0.25, 0.3) is 0 Å². The third-order valence-corrected chi connectivity index (χ3v) is 3.95. The number of anilines is 1. The monoisotopic (exact) mass is 296 g/mol. The summed E-state index contributed by atoms with van der Waals surface area (Å²) in [5.41, 5.74) is 1.24. The van der Waals surface area contributed by atoms with Gasteiger partial charge in [0.15, 0.2) is 0 Å². The molecule has 3 rings (SSSR count). The highest BCUT2D eigenvalue weighted by atomic mass is 16.1. The molecule has 1 aromatic heterocycles. The minimum absolute atomic E-state index is 0.0274. The first-order valence-electron chi connectivity index (χ1n) is 7.66. The highest BCUT2D eigenvalue weighted by Gasteiger charge is 2.29. The molecule has 1 aromatic carbocycles. The number of carbonyl (C=O) groups is 1. The zero-order valence-corrected chi connectivity index (χ0v) is 12.5. The van der Waals surface area contributed by atoms with Crippen molar-refractivity contribution in [1.29, 1.82) is 0 Å². The van der Waals surface area contributed by atoms with Crippen LogP contribution in [0.5, 0.6) is 0 Å². The topological polar surface area (TPSA) is 58.1 Å². The second kappa shape index (κ2) is 7.02. The van der Waals surface area contributed by atoms with E-state index in [1.54, 1.807) is 18.5 Å². The zero-order chi connectivity index (χ0) is 15.2. The maximum absolute atomic E-state index is 12.2. The first-order chi connectivity index (χ1) is 10.8. The van der Waals surface area contributed by atoms with E-state index < -0.39 is 0 Å². The number of aromatic nitrogens is 2. The molecular weight excluding hydrogens is 276 g/mol. The molecule has 1 saturated heterocycles. The van der Waals surface area contributed by atoms with Crippen molar-refractivity contribution in [3.8, 4) is 0 Å². The van der Waals surface area contributed by atoms with Gasteiger partial charge >= 0.3 is 0 Å². The maximum Gasteiger partial charge on any atom is 0.225 e. The number of carbonyl (C=O) groups excluding carboxylic acids is 1. The predicted molar refractivity (Wildman–Crippen MR) is 85.5 cm³/mol. The lowest BCUT2D eigenvalue weighted by Gasteiger charge is -2.15. The Bertz CT molecular complexity index is 603. The van der Waals surface area contributed by atoms with Gasteiger partial charge in [0.2, 0.25) is 11.9 Å². The van der Waals surface area contributed by atoms with Crippen LogP contribution in [-0.4, -0.2) is 35.5 Å². The fourth-order valence-corrected chi connectivity index (χ4v) is 2.73. The molecule has 0 unspecified atom stereocenters. The SMILES string of the molecule is O=C(NCCc1ccccc1)[C@@H]1CCN(c2ncccn2)C1. The van der Waals surface area contributed by atoms with Gasteiger partial charge in [-0.3, -0.25) is 4.79 Å². The van der Waals surface area contributed by atoms with E-state index in [0.29, 0.717) is 19.0 Å². The van der Waals surface area contributed by atoms with E-state index in [1.165, 1.54) is 5.56 Å². The van der Waals surface area contributed by atoms with E-state index in [9.17, 15) is 4.79 Å². The fourth-order valence-electron chi connectivity index (χ4n) is 2.73. The Labute approximate surface area is 130 Å². The molecule has 2 aromatic rings. The van der Waals surface area contributed by atoms with Crippen LogP contribution < -0.4 is 10.2 Å². The first kappa shape index (κ1) is 14.5. The Hall–Kier alpha value is -2.43. The molecule has 0 saturated carbocycles. The minimum atomic E-state index is 0.0274. The van der Waals surface area contributed by atoms with Gasteiger partial charge in [-0.25, -0.2) is 9.97 Å². The summed E-state index contributed by atoms with van der Waals surface area (Å²) >= 11 is 0. The van der Waals surface area contributed by atoms with Crippen molar-refractivity contribution < 1.29 is 4.79 Å². The second-order valence-corrected chi connectivity index (χ2v) is 5.51. The molecule has 1 fully saturated rings. The molecule has 0 radical (unpaired) electrons. The molecule has 0 spiro atoms. The van der Waals surface area contributed by atoms with E-state index in [0.717, 1.165) is 19.4 Å². The smallest absolute Gasteiger partial charge is 0.225 e. The van der Waals surface area contributed by atoms with Gasteiger partial charge in [-0.05, 0) is 24.5 Å². The molecule has 0 bridgehead atoms. The van der Waals surface area contributed by atoms with Gasteiger partial charge in [0, 0.05) is 32.0 Å². The molecule has 22 heavy (non-hydrogen) atoms. The third-order valence-electron chi connectivity index (χ3n) is 3.95. The Kier molecular flexibility index (Phi) is 4.63. The van der Waals surface area contributed by atoms with E-state index in [2.05, 4.69) is 32.3 Å². The predicted octanol–water partition coefficient (Wildman–Crippen LogP) is 1.66. The summed E-state index contributed by atoms with van der Waals surface area (Å²) < 4.78 is 0. The molecule has 0 aliphatic carbocycles. The van der Waals surface area contributed by atoms with Crippen molar-refractivity contribution in [2.45, 2.75) is 12.8 Å². The van der Waals surface area contributed by atoms with Crippen LogP contribution in [-0.2, 0) is 11.2 Å². The Morgan fingerprint density at radius 2 is 1.95 bits per heavy atom. The summed E-state index contributed by atoms with van der Waals surface area (Å²) in [4.78, 5) is 22.8. The lowest BCUT2D eigenvalue weighted by molar-refractivity contribution is -0.124. The van der Waals surface area contributed by atoms with E-state index >= 15 is 0 Å². The van der Waals surface area contributed by atoms with Crippen LogP contribution in [0.15, 0.2) is 48.8 Å². The number of nitrogens with zero attached hydrogens (tertiary/aromatic N) is 3. The molecule has 1 atom stereocenters. The van der Waals surface area contributed by atoms with Crippen LogP contribution in [0.1, 0.15) is 12.0 Å². The second-order valence-electron chi connectivity index (χ2n) is 5.51. The normalized spacial score (nSPS) is 17.5. The van der Waals surface area contributed by atoms with E-state index in [-0.39, 0.29) is 11.8 Å². The van der Waals surface area contributed by atoms with Crippen LogP contribution >= 0.6 is 0 Å². The van der Waals surface area contributed by atoms with Gasteiger partial charge in [-0.2, -0.15) is 0 Å². The van der Waals surface area contributed by atoms with Crippen molar-refractivity contribution in [2.24, 2.45) is 5.92 Å². The molecule has 1 aliphatic heterocycles. The number of hydrogen-bond donors (Lipinski definition) is 1. The van der Waals surface area contributed by atoms with Crippen molar-refractivity contribution in [2.75, 3.05) is 24.5 Å². The molecule has 1 N–H and O–H groups in total. The summed E-state index contributed by atoms with van der Waals surface area (Å²) in [5, 5.41) is 3.04. The Morgan fingerprint density at radius 1 is 1.18 bits per heavy atom. The number of benzene rings is 1. The average molecular weight is 296 g/mol. The van der Waals surface area contributed by atoms with Crippen molar-refractivity contribution in [1.82, 2.24) is 15.3 Å². The number of hydrogen-bond acceptors (Lipinski definition) is 4. The quantitative estimate of drug-likeness (QED) is 0.911. The summed E-state index contributed by atoms with van der Waals surface area (Å²) in [7, 11) is 0. The summed E-state index contributed by atoms with van der Waals surface area (Å²) in [6, 6.07) is 12.0. The van der Waals surface area contributed by atoms with Gasteiger partial charge < -0.3 is 10.2 Å². The van der Waals surface area contributed by atoms with Gasteiger partial charge in [0.1, 0.15) is 0 Å². The van der Waals surface area contributed by atoms with Crippen LogP contribution in [0.3, 0.4) is 0 Å². The van der Waals surface area contributed by atoms with Crippen LogP contribution in [0.4, 0.5) is 5.95 Å². The summed E-state index contributed by atoms with van der Waals surface area (Å²) in [6.07, 6.45) is 5.19. The van der Waals surface area contributed by atoms with Crippen molar-refractivity contribution in [3.05, 3.63) is 54.4 Å². The molecule has 114 valence electrons. The highest BCUT2D eigenvalue weighted by Crippen LogP contribution is 2.20. The largest absolute Gasteiger partial charge is 0.355 e. The lowest BCUT2D eigenvalue weighted by Crippen LogP contribution is -2.34. The van der Waals surface area contributed by atoms with Crippen molar-refractivity contribution in [3.63, 3.8) is 0 Å². The molecule has 1 amide bonds. The standard InChI is InChI=1S/C17H20N4O/c22-16(18-11-7-14-5-2-1-3-6-14)15-8-12-21(13-15)17-19-9-4-10-20-17/h1-6,9-10,15H,7-8,11-13H2,(H,18,22)/t15-/m1/s1. The summed E-state index contributed by atoms with van der Waals surface area (Å²) in [5.74, 6) is 0.871. The van der Waals surface area contributed by atoms with Gasteiger partial charge in [0.25, 0.3) is 0 Å². The maximum atomic E-state index is 12.2. The minimum Gasteiger partial charge on any atom is -0.355 e. The first-order valence-corrected chi connectivity index (χ1v) is 7.66. The number of rotatable bonds is 5. The van der Waals surface area contributed by atoms with Crippen molar-refractivity contribution >= 4 is 11.9 Å².